The van der Waals surface area contributed by atoms with E-state index in [1.807, 2.05) is 27.7 Å². The van der Waals surface area contributed by atoms with E-state index in [-0.39, 0.29) is 22.5 Å². The predicted octanol–water partition coefficient (Wildman–Crippen LogP) is 11.1. The third-order valence-electron chi connectivity index (χ3n) is 7.60. The Hall–Kier alpha value is -3.02. The SMILES string of the molecule is C=C(OCC(C)(C)C)N1CCC(C)CC1.C=Cc1cc(-c2cc(F)c(C(C)=O)cc2F)ncc1C(C)C.CC.CCC1CC1. The standard InChI is InChI=1S/C18H17F2NO.C13H25NO.C5H10.C2H6/c1-5-12-6-18(21-9-15(12)10(2)3)14-8-16(19)13(11(4)22)7-17(14)20;1-11-6-8-14(9-7-11)12(2)15-10-13(3,4)5;1-2-5-3-4-5;1-2/h5-10H,1H2,2-4H3;11H,2,6-10H2,1,3-5H3;5H,2-4H2,1H3;1-2H3. The molecule has 2 aliphatic rings. The van der Waals surface area contributed by atoms with E-state index in [0.29, 0.717) is 5.69 Å². The van der Waals surface area contributed by atoms with E-state index >= 15 is 0 Å². The van der Waals surface area contributed by atoms with Crippen molar-refractivity contribution < 1.29 is 18.3 Å². The molecule has 0 N–H and O–H groups in total. The molecule has 1 saturated carbocycles. The lowest BCUT2D eigenvalue weighted by Crippen LogP contribution is -2.33. The predicted molar refractivity (Wildman–Crippen MR) is 183 cm³/mol. The number of rotatable bonds is 8. The van der Waals surface area contributed by atoms with Crippen LogP contribution in [0.3, 0.4) is 0 Å². The molecule has 0 amide bonds. The molecule has 6 heteroatoms. The van der Waals surface area contributed by atoms with Gasteiger partial charge in [-0.15, -0.1) is 0 Å². The average molecular weight is 613 g/mol. The van der Waals surface area contributed by atoms with Gasteiger partial charge in [-0.25, -0.2) is 8.78 Å². The molecule has 4 rings (SSSR count). The number of carbonyl (C=O) groups excluding carboxylic acids is 1. The smallest absolute Gasteiger partial charge is 0.181 e. The molecule has 0 atom stereocenters. The number of piperidine rings is 1. The molecule has 0 radical (unpaired) electrons. The Morgan fingerprint density at radius 1 is 1.09 bits per heavy atom. The highest BCUT2D eigenvalue weighted by molar-refractivity contribution is 5.94. The Balaban J connectivity index is 0.000000377. The van der Waals surface area contributed by atoms with Gasteiger partial charge in [0.2, 0.25) is 0 Å². The highest BCUT2D eigenvalue weighted by Gasteiger charge is 2.20. The number of aromatic nitrogens is 1. The van der Waals surface area contributed by atoms with Crippen LogP contribution in [-0.2, 0) is 4.74 Å². The second-order valence-electron chi connectivity index (χ2n) is 13.2. The minimum Gasteiger partial charge on any atom is -0.479 e. The second kappa shape index (κ2) is 18.7. The van der Waals surface area contributed by atoms with Gasteiger partial charge in [-0.05, 0) is 78.8 Å². The van der Waals surface area contributed by atoms with Gasteiger partial charge in [0.15, 0.2) is 11.7 Å². The largest absolute Gasteiger partial charge is 0.479 e. The zero-order valence-electron chi connectivity index (χ0n) is 29.2. The Labute approximate surface area is 267 Å². The van der Waals surface area contributed by atoms with Crippen molar-refractivity contribution in [2.45, 2.75) is 107 Å². The van der Waals surface area contributed by atoms with Gasteiger partial charge in [-0.2, -0.15) is 0 Å². The zero-order chi connectivity index (χ0) is 33.6. The molecule has 0 unspecified atom stereocenters. The normalized spacial score (nSPS) is 14.7. The first kappa shape index (κ1) is 39.0. The van der Waals surface area contributed by atoms with Gasteiger partial charge in [-0.3, -0.25) is 9.78 Å². The maximum atomic E-state index is 14.2. The fourth-order valence-electron chi connectivity index (χ4n) is 4.48. The van der Waals surface area contributed by atoms with Crippen LogP contribution in [-0.4, -0.2) is 35.4 Å². The molecular weight excluding hydrogens is 554 g/mol. The fourth-order valence-corrected chi connectivity index (χ4v) is 4.48. The lowest BCUT2D eigenvalue weighted by molar-refractivity contribution is 0.0533. The number of halogens is 2. The average Bonchev–Trinajstić information content (AvgIpc) is 3.83. The first-order chi connectivity index (χ1) is 20.7. The van der Waals surface area contributed by atoms with E-state index in [9.17, 15) is 13.6 Å². The summed E-state index contributed by atoms with van der Waals surface area (Å²) in [6, 6.07) is 3.60. The molecule has 1 aromatic carbocycles. The molecule has 1 saturated heterocycles. The number of ketones is 1. The lowest BCUT2D eigenvalue weighted by atomic mass is 9.97. The second-order valence-corrected chi connectivity index (χ2v) is 13.2. The number of likely N-dealkylation sites (tertiary alicyclic amines) is 1. The summed E-state index contributed by atoms with van der Waals surface area (Å²) >= 11 is 0. The molecule has 0 bridgehead atoms. The molecule has 2 aromatic rings. The number of hydrogen-bond donors (Lipinski definition) is 0. The number of hydrogen-bond acceptors (Lipinski definition) is 4. The van der Waals surface area contributed by atoms with E-state index in [1.165, 1.54) is 39.0 Å². The van der Waals surface area contributed by atoms with Crippen LogP contribution in [0.4, 0.5) is 8.78 Å². The number of ether oxygens (including phenoxy) is 1. The van der Waals surface area contributed by atoms with Crippen molar-refractivity contribution in [3.05, 3.63) is 71.8 Å². The minimum atomic E-state index is -0.751. The van der Waals surface area contributed by atoms with E-state index in [2.05, 4.69) is 57.7 Å². The Morgan fingerprint density at radius 3 is 2.11 bits per heavy atom. The Bertz CT molecular complexity index is 1200. The Morgan fingerprint density at radius 2 is 1.68 bits per heavy atom. The van der Waals surface area contributed by atoms with Crippen LogP contribution in [0.15, 0.2) is 43.4 Å². The topological polar surface area (TPSA) is 42.4 Å². The van der Waals surface area contributed by atoms with Gasteiger partial charge in [-0.1, -0.05) is 94.2 Å². The summed E-state index contributed by atoms with van der Waals surface area (Å²) in [5.74, 6) is 1.16. The van der Waals surface area contributed by atoms with Crippen LogP contribution in [0.2, 0.25) is 0 Å². The molecule has 1 aliphatic carbocycles. The maximum absolute atomic E-state index is 14.2. The summed E-state index contributed by atoms with van der Waals surface area (Å²) in [6.07, 6.45) is 10.3. The van der Waals surface area contributed by atoms with Crippen molar-refractivity contribution in [1.29, 1.82) is 0 Å². The first-order valence-corrected chi connectivity index (χ1v) is 16.4. The molecule has 1 aliphatic heterocycles. The highest BCUT2D eigenvalue weighted by Crippen LogP contribution is 2.31. The van der Waals surface area contributed by atoms with Gasteiger partial charge in [0.1, 0.15) is 11.6 Å². The van der Waals surface area contributed by atoms with Crippen LogP contribution in [0.1, 0.15) is 129 Å². The number of Topliss-reactive ketones (excluding diaryl/α,β-unsaturated/α-hetero) is 1. The third kappa shape index (κ3) is 13.3. The van der Waals surface area contributed by atoms with Crippen molar-refractivity contribution in [3.8, 4) is 11.3 Å². The first-order valence-electron chi connectivity index (χ1n) is 16.4. The zero-order valence-corrected chi connectivity index (χ0v) is 29.2. The summed E-state index contributed by atoms with van der Waals surface area (Å²) < 4.78 is 33.8. The highest BCUT2D eigenvalue weighted by atomic mass is 19.1. The molecular formula is C38H58F2N2O2. The minimum absolute atomic E-state index is 0.0286. The van der Waals surface area contributed by atoms with E-state index in [1.54, 1.807) is 18.3 Å². The maximum Gasteiger partial charge on any atom is 0.181 e. The summed E-state index contributed by atoms with van der Waals surface area (Å²) in [7, 11) is 0. The summed E-state index contributed by atoms with van der Waals surface area (Å²) in [5.41, 5.74) is 2.11. The lowest BCUT2D eigenvalue weighted by Gasteiger charge is -2.33. The van der Waals surface area contributed by atoms with Gasteiger partial charge >= 0.3 is 0 Å². The summed E-state index contributed by atoms with van der Waals surface area (Å²) in [4.78, 5) is 17.7. The van der Waals surface area contributed by atoms with Crippen LogP contribution in [0.25, 0.3) is 17.3 Å². The van der Waals surface area contributed by atoms with Crippen molar-refractivity contribution in [2.75, 3.05) is 19.7 Å². The van der Waals surface area contributed by atoms with Gasteiger partial charge < -0.3 is 9.64 Å². The molecule has 2 heterocycles. The van der Waals surface area contributed by atoms with E-state index in [4.69, 9.17) is 4.74 Å². The van der Waals surface area contributed by atoms with Crippen molar-refractivity contribution in [1.82, 2.24) is 9.88 Å². The van der Waals surface area contributed by atoms with Gasteiger partial charge in [0.05, 0.1) is 17.9 Å². The fraction of sp³-hybridized carbons (Fsp3) is 0.579. The van der Waals surface area contributed by atoms with Crippen molar-refractivity contribution >= 4 is 11.9 Å². The number of nitrogens with zero attached hydrogens (tertiary/aromatic N) is 2. The van der Waals surface area contributed by atoms with Crippen LogP contribution in [0.5, 0.6) is 0 Å². The van der Waals surface area contributed by atoms with Crippen molar-refractivity contribution in [2.24, 2.45) is 17.3 Å². The molecule has 246 valence electrons. The quantitative estimate of drug-likeness (QED) is 0.220. The van der Waals surface area contributed by atoms with Crippen LogP contribution in [0, 0.1) is 28.9 Å². The molecule has 0 spiro atoms. The molecule has 2 fully saturated rings. The summed E-state index contributed by atoms with van der Waals surface area (Å²) in [5, 5.41) is 0. The number of carbonyl (C=O) groups is 1. The van der Waals surface area contributed by atoms with E-state index in [0.717, 1.165) is 60.7 Å². The third-order valence-corrected chi connectivity index (χ3v) is 7.60. The molecule has 4 nitrogen and oxygen atoms in total. The van der Waals surface area contributed by atoms with Crippen molar-refractivity contribution in [3.63, 3.8) is 0 Å². The molecule has 1 aromatic heterocycles. The monoisotopic (exact) mass is 612 g/mol. The molecule has 44 heavy (non-hydrogen) atoms. The Kier molecular flexibility index (Phi) is 16.6. The van der Waals surface area contributed by atoms with Crippen LogP contribution >= 0.6 is 0 Å². The van der Waals surface area contributed by atoms with E-state index < -0.39 is 17.4 Å². The number of benzene rings is 1. The number of pyridine rings is 1. The van der Waals surface area contributed by atoms with Crippen LogP contribution < -0.4 is 0 Å². The van der Waals surface area contributed by atoms with Gasteiger partial charge in [0.25, 0.3) is 0 Å². The summed E-state index contributed by atoms with van der Waals surface area (Å²) in [6.45, 7) is 31.1. The van der Waals surface area contributed by atoms with Gasteiger partial charge in [0, 0.05) is 24.8 Å².